The number of nitrogens with one attached hydrogen (secondary N) is 1. The van der Waals surface area contributed by atoms with Gasteiger partial charge in [-0.3, -0.25) is 9.88 Å². The minimum absolute atomic E-state index is 0.364. The molecule has 150 valence electrons. The van der Waals surface area contributed by atoms with Crippen LogP contribution in [0.2, 0.25) is 0 Å². The summed E-state index contributed by atoms with van der Waals surface area (Å²) in [5.74, 6) is 1.69. The summed E-state index contributed by atoms with van der Waals surface area (Å²) >= 11 is 0. The van der Waals surface area contributed by atoms with Gasteiger partial charge in [0.2, 0.25) is 5.95 Å². The summed E-state index contributed by atoms with van der Waals surface area (Å²) < 4.78 is 5.44. The van der Waals surface area contributed by atoms with Crippen LogP contribution in [0.3, 0.4) is 0 Å². The monoisotopic (exact) mass is 390 g/mol. The molecular weight excluding hydrogens is 364 g/mol. The standard InChI is InChI=1S/C22H26N6O/c1-2-4-20-19(3-1)17(5-8-23-20)15-27-10-7-18(16-27)25-22-24-9-6-21(26-22)28-11-13-29-14-12-28/h1-6,8-9,18H,7,10-16H2,(H,24,25,26). The lowest BCUT2D eigenvalue weighted by atomic mass is 10.1. The highest BCUT2D eigenvalue weighted by Gasteiger charge is 2.24. The molecule has 0 bridgehead atoms. The molecule has 0 aliphatic carbocycles. The van der Waals surface area contributed by atoms with Gasteiger partial charge in [-0.2, -0.15) is 4.98 Å². The predicted octanol–water partition coefficient (Wildman–Crippen LogP) is 2.55. The second kappa shape index (κ2) is 8.31. The lowest BCUT2D eigenvalue weighted by Crippen LogP contribution is -2.37. The third-order valence-electron chi connectivity index (χ3n) is 5.71. The Bertz CT molecular complexity index is 969. The number of nitrogens with zero attached hydrogens (tertiary/aromatic N) is 5. The second-order valence-corrected chi connectivity index (χ2v) is 7.69. The molecule has 7 heteroatoms. The van der Waals surface area contributed by atoms with Crippen LogP contribution in [0.25, 0.3) is 10.9 Å². The summed E-state index contributed by atoms with van der Waals surface area (Å²) in [5, 5.41) is 4.78. The van der Waals surface area contributed by atoms with Crippen LogP contribution < -0.4 is 10.2 Å². The highest BCUT2D eigenvalue weighted by Crippen LogP contribution is 2.22. The Hall–Kier alpha value is -2.77. The Labute approximate surface area is 170 Å². The molecule has 2 fully saturated rings. The number of hydrogen-bond donors (Lipinski definition) is 1. The van der Waals surface area contributed by atoms with Gasteiger partial charge in [0.25, 0.3) is 0 Å². The maximum absolute atomic E-state index is 5.44. The van der Waals surface area contributed by atoms with Gasteiger partial charge < -0.3 is 15.0 Å². The van der Waals surface area contributed by atoms with Crippen LogP contribution >= 0.6 is 0 Å². The predicted molar refractivity (Wildman–Crippen MR) is 114 cm³/mol. The van der Waals surface area contributed by atoms with E-state index < -0.39 is 0 Å². The first-order chi connectivity index (χ1) is 14.3. The Morgan fingerprint density at radius 1 is 1.00 bits per heavy atom. The van der Waals surface area contributed by atoms with E-state index in [1.807, 2.05) is 24.5 Å². The first-order valence-electron chi connectivity index (χ1n) is 10.3. The number of morpholine rings is 1. The maximum atomic E-state index is 5.44. The van der Waals surface area contributed by atoms with E-state index in [4.69, 9.17) is 9.72 Å². The van der Waals surface area contributed by atoms with Crippen molar-refractivity contribution in [3.8, 4) is 0 Å². The average Bonchev–Trinajstić information content (AvgIpc) is 3.21. The fourth-order valence-electron chi connectivity index (χ4n) is 4.20. The van der Waals surface area contributed by atoms with Crippen LogP contribution in [0.1, 0.15) is 12.0 Å². The van der Waals surface area contributed by atoms with Gasteiger partial charge >= 0.3 is 0 Å². The number of benzene rings is 1. The molecule has 2 aliphatic heterocycles. The number of para-hydroxylation sites is 1. The first kappa shape index (κ1) is 18.3. The average molecular weight is 390 g/mol. The van der Waals surface area contributed by atoms with Crippen molar-refractivity contribution in [1.82, 2.24) is 19.9 Å². The third-order valence-corrected chi connectivity index (χ3v) is 5.71. The van der Waals surface area contributed by atoms with Crippen LogP contribution in [0.5, 0.6) is 0 Å². The summed E-state index contributed by atoms with van der Waals surface area (Å²) in [7, 11) is 0. The van der Waals surface area contributed by atoms with E-state index in [-0.39, 0.29) is 0 Å². The van der Waals surface area contributed by atoms with Crippen molar-refractivity contribution in [2.75, 3.05) is 49.6 Å². The van der Waals surface area contributed by atoms with Crippen molar-refractivity contribution in [2.45, 2.75) is 19.0 Å². The van der Waals surface area contributed by atoms with Gasteiger partial charge in [-0.05, 0) is 30.2 Å². The van der Waals surface area contributed by atoms with E-state index in [0.717, 1.165) is 69.6 Å². The Kier molecular flexibility index (Phi) is 5.23. The van der Waals surface area contributed by atoms with Crippen molar-refractivity contribution in [1.29, 1.82) is 0 Å². The number of ether oxygens (including phenoxy) is 1. The number of aromatic nitrogens is 3. The highest BCUT2D eigenvalue weighted by atomic mass is 16.5. The Morgan fingerprint density at radius 3 is 2.79 bits per heavy atom. The minimum Gasteiger partial charge on any atom is -0.378 e. The number of pyridine rings is 1. The van der Waals surface area contributed by atoms with Gasteiger partial charge in [-0.15, -0.1) is 0 Å². The van der Waals surface area contributed by atoms with E-state index in [9.17, 15) is 0 Å². The van der Waals surface area contributed by atoms with Crippen LogP contribution in [-0.4, -0.2) is 65.3 Å². The van der Waals surface area contributed by atoms with E-state index in [0.29, 0.717) is 6.04 Å². The molecule has 0 radical (unpaired) electrons. The van der Waals surface area contributed by atoms with Crippen molar-refractivity contribution < 1.29 is 4.74 Å². The lowest BCUT2D eigenvalue weighted by Gasteiger charge is -2.28. The van der Waals surface area contributed by atoms with Gasteiger partial charge in [0.1, 0.15) is 5.82 Å². The molecule has 4 heterocycles. The third kappa shape index (κ3) is 4.16. The molecular formula is C22H26N6O. The van der Waals surface area contributed by atoms with Gasteiger partial charge in [0.15, 0.2) is 0 Å². The lowest BCUT2D eigenvalue weighted by molar-refractivity contribution is 0.122. The van der Waals surface area contributed by atoms with Gasteiger partial charge in [0, 0.05) is 56.5 Å². The zero-order valence-corrected chi connectivity index (χ0v) is 16.5. The molecule has 0 saturated carbocycles. The van der Waals surface area contributed by atoms with Crippen molar-refractivity contribution in [3.63, 3.8) is 0 Å². The van der Waals surface area contributed by atoms with E-state index in [1.54, 1.807) is 0 Å². The van der Waals surface area contributed by atoms with E-state index in [1.165, 1.54) is 10.9 Å². The fraction of sp³-hybridized carbons (Fsp3) is 0.409. The Morgan fingerprint density at radius 2 is 1.86 bits per heavy atom. The van der Waals surface area contributed by atoms with Gasteiger partial charge in [-0.1, -0.05) is 18.2 Å². The van der Waals surface area contributed by atoms with Crippen LogP contribution in [0.4, 0.5) is 11.8 Å². The van der Waals surface area contributed by atoms with Crippen LogP contribution in [-0.2, 0) is 11.3 Å². The molecule has 5 rings (SSSR count). The zero-order chi connectivity index (χ0) is 19.5. The van der Waals surface area contributed by atoms with E-state index >= 15 is 0 Å². The molecule has 7 nitrogen and oxygen atoms in total. The van der Waals surface area contributed by atoms with Gasteiger partial charge in [0.05, 0.1) is 18.7 Å². The summed E-state index contributed by atoms with van der Waals surface area (Å²) in [4.78, 5) is 18.4. The normalized spacial score (nSPS) is 20.3. The van der Waals surface area contributed by atoms with E-state index in [2.05, 4.69) is 49.4 Å². The minimum atomic E-state index is 0.364. The molecule has 1 atom stereocenters. The van der Waals surface area contributed by atoms with Crippen molar-refractivity contribution in [3.05, 3.63) is 54.4 Å². The summed E-state index contributed by atoms with van der Waals surface area (Å²) in [6, 6.07) is 12.8. The molecule has 2 aromatic heterocycles. The molecule has 3 aromatic rings. The fourth-order valence-corrected chi connectivity index (χ4v) is 4.20. The zero-order valence-electron chi connectivity index (χ0n) is 16.5. The van der Waals surface area contributed by atoms with Crippen molar-refractivity contribution >= 4 is 22.7 Å². The topological polar surface area (TPSA) is 66.4 Å². The summed E-state index contributed by atoms with van der Waals surface area (Å²) in [6.07, 6.45) is 4.85. The SMILES string of the molecule is c1ccc2c(CN3CCC(Nc4nccc(N5CCOCC5)n4)C3)ccnc2c1. The molecule has 2 saturated heterocycles. The second-order valence-electron chi connectivity index (χ2n) is 7.69. The van der Waals surface area contributed by atoms with Crippen molar-refractivity contribution in [2.24, 2.45) is 0 Å². The largest absolute Gasteiger partial charge is 0.378 e. The van der Waals surface area contributed by atoms with Gasteiger partial charge in [-0.25, -0.2) is 4.98 Å². The van der Waals surface area contributed by atoms with Crippen LogP contribution in [0.15, 0.2) is 48.8 Å². The molecule has 2 aliphatic rings. The molecule has 0 amide bonds. The maximum Gasteiger partial charge on any atom is 0.224 e. The number of hydrogen-bond acceptors (Lipinski definition) is 7. The quantitative estimate of drug-likeness (QED) is 0.718. The smallest absolute Gasteiger partial charge is 0.224 e. The molecule has 29 heavy (non-hydrogen) atoms. The molecule has 1 aromatic carbocycles. The number of anilines is 2. The summed E-state index contributed by atoms with van der Waals surface area (Å²) in [6.45, 7) is 6.28. The Balaban J connectivity index is 1.22. The van der Waals surface area contributed by atoms with Crippen LogP contribution in [0, 0.1) is 0 Å². The number of fused-ring (bicyclic) bond motifs is 1. The number of likely N-dealkylation sites (tertiary alicyclic amines) is 1. The molecule has 0 spiro atoms. The molecule has 1 unspecified atom stereocenters. The first-order valence-corrected chi connectivity index (χ1v) is 10.3. The summed E-state index contributed by atoms with van der Waals surface area (Å²) in [5.41, 5.74) is 2.40. The highest BCUT2D eigenvalue weighted by molar-refractivity contribution is 5.81. The number of rotatable bonds is 5. The molecule has 1 N–H and O–H groups in total.